The number of nitrogens with one attached hydrogen (secondary N) is 1. The van der Waals surface area contributed by atoms with E-state index in [0.717, 1.165) is 18.1 Å². The number of hydrogen-bond acceptors (Lipinski definition) is 10. The Morgan fingerprint density at radius 1 is 1.16 bits per heavy atom. The fraction of sp³-hybridized carbons (Fsp3) is 0.250. The molecule has 2 aromatic carbocycles. The van der Waals surface area contributed by atoms with Crippen LogP contribution in [-0.2, 0) is 35.3 Å². The summed E-state index contributed by atoms with van der Waals surface area (Å²) >= 11 is 0. The average Bonchev–Trinajstić information content (AvgIpc) is 2.91. The van der Waals surface area contributed by atoms with Crippen molar-refractivity contribution < 1.29 is 43.4 Å². The topological polar surface area (TPSA) is 175 Å². The van der Waals surface area contributed by atoms with Crippen LogP contribution in [0.3, 0.4) is 0 Å². The summed E-state index contributed by atoms with van der Waals surface area (Å²) in [6, 6.07) is 11.4. The number of methoxy groups -OCH3 is 1. The Kier molecular flexibility index (Phi) is 8.89. The van der Waals surface area contributed by atoms with Gasteiger partial charge in [0.25, 0.3) is 17.5 Å². The molecule has 1 saturated heterocycles. The Morgan fingerprint density at radius 3 is 2.46 bits per heavy atom. The number of para-hydroxylation sites is 1. The first-order valence-corrected chi connectivity index (χ1v) is 10.8. The van der Waals surface area contributed by atoms with Crippen molar-refractivity contribution in [3.8, 4) is 5.75 Å². The Labute approximate surface area is 210 Å². The SMILES string of the molecule is COC(=O)C=CC1C(NC(=O)COc2ccccc2)C(=O)N1C(O)C(=O)OCc1ccc([N+](=O)[O-])cc1. The van der Waals surface area contributed by atoms with Crippen molar-refractivity contribution in [1.82, 2.24) is 10.2 Å². The Morgan fingerprint density at radius 2 is 1.84 bits per heavy atom. The van der Waals surface area contributed by atoms with Crippen molar-refractivity contribution in [3.63, 3.8) is 0 Å². The van der Waals surface area contributed by atoms with Gasteiger partial charge in [-0.15, -0.1) is 0 Å². The highest BCUT2D eigenvalue weighted by molar-refractivity contribution is 5.97. The number of aliphatic hydroxyl groups excluding tert-OH is 1. The highest BCUT2D eigenvalue weighted by Crippen LogP contribution is 2.25. The van der Waals surface area contributed by atoms with E-state index in [-0.39, 0.29) is 12.3 Å². The van der Waals surface area contributed by atoms with E-state index in [2.05, 4.69) is 10.1 Å². The predicted molar refractivity (Wildman–Crippen MR) is 125 cm³/mol. The molecule has 1 aliphatic rings. The maximum Gasteiger partial charge on any atom is 0.356 e. The number of amides is 2. The quantitative estimate of drug-likeness (QED) is 0.141. The third kappa shape index (κ3) is 6.89. The number of hydrogen-bond donors (Lipinski definition) is 2. The van der Waals surface area contributed by atoms with Gasteiger partial charge in [0.15, 0.2) is 6.61 Å². The lowest BCUT2D eigenvalue weighted by Crippen LogP contribution is -2.73. The van der Waals surface area contributed by atoms with E-state index in [9.17, 15) is 34.4 Å². The number of non-ortho nitro benzene ring substituents is 1. The van der Waals surface area contributed by atoms with E-state index < -0.39 is 53.6 Å². The molecule has 2 N–H and O–H groups in total. The minimum atomic E-state index is -2.05. The number of nitro benzene ring substituents is 1. The molecule has 1 heterocycles. The normalized spacial score (nSPS) is 17.5. The molecule has 37 heavy (non-hydrogen) atoms. The lowest BCUT2D eigenvalue weighted by Gasteiger charge is -2.47. The molecule has 13 nitrogen and oxygen atoms in total. The van der Waals surface area contributed by atoms with E-state index in [1.807, 2.05) is 0 Å². The molecule has 0 spiro atoms. The Hall–Kier alpha value is -4.78. The van der Waals surface area contributed by atoms with Gasteiger partial charge in [0.2, 0.25) is 6.23 Å². The second kappa shape index (κ2) is 12.3. The van der Waals surface area contributed by atoms with Crippen molar-refractivity contribution >= 4 is 29.4 Å². The molecule has 0 bridgehead atoms. The zero-order chi connectivity index (χ0) is 26.9. The van der Waals surface area contributed by atoms with Gasteiger partial charge in [-0.25, -0.2) is 9.59 Å². The number of rotatable bonds is 11. The number of nitro groups is 1. The van der Waals surface area contributed by atoms with Gasteiger partial charge in [-0.3, -0.25) is 24.6 Å². The van der Waals surface area contributed by atoms with Crippen LogP contribution >= 0.6 is 0 Å². The maximum atomic E-state index is 12.7. The van der Waals surface area contributed by atoms with Crippen LogP contribution in [0.2, 0.25) is 0 Å². The third-order valence-corrected chi connectivity index (χ3v) is 5.25. The summed E-state index contributed by atoms with van der Waals surface area (Å²) in [5.74, 6) is -2.94. The fourth-order valence-electron chi connectivity index (χ4n) is 3.35. The van der Waals surface area contributed by atoms with Gasteiger partial charge in [-0.05, 0) is 29.8 Å². The number of likely N-dealkylation sites (tertiary alicyclic amines) is 1. The van der Waals surface area contributed by atoms with Gasteiger partial charge in [0, 0.05) is 18.2 Å². The molecule has 13 heteroatoms. The van der Waals surface area contributed by atoms with Crippen LogP contribution in [0.5, 0.6) is 5.75 Å². The van der Waals surface area contributed by atoms with Crippen molar-refractivity contribution in [2.24, 2.45) is 0 Å². The molecule has 0 aliphatic carbocycles. The van der Waals surface area contributed by atoms with Crippen molar-refractivity contribution in [2.45, 2.75) is 24.9 Å². The van der Waals surface area contributed by atoms with Gasteiger partial charge in [-0.2, -0.15) is 0 Å². The third-order valence-electron chi connectivity index (χ3n) is 5.25. The molecular weight excluding hydrogens is 490 g/mol. The van der Waals surface area contributed by atoms with Crippen LogP contribution in [-0.4, -0.2) is 70.7 Å². The minimum Gasteiger partial charge on any atom is -0.484 e. The molecule has 3 unspecified atom stereocenters. The van der Waals surface area contributed by atoms with Gasteiger partial charge >= 0.3 is 11.9 Å². The molecular formula is C24H23N3O10. The van der Waals surface area contributed by atoms with E-state index in [1.165, 1.54) is 30.3 Å². The summed E-state index contributed by atoms with van der Waals surface area (Å²) < 4.78 is 14.9. The molecule has 0 aromatic heterocycles. The van der Waals surface area contributed by atoms with E-state index >= 15 is 0 Å². The molecule has 3 rings (SSSR count). The first-order chi connectivity index (χ1) is 17.7. The first-order valence-electron chi connectivity index (χ1n) is 10.8. The molecule has 0 radical (unpaired) electrons. The monoisotopic (exact) mass is 513 g/mol. The molecule has 0 saturated carbocycles. The number of benzene rings is 2. The summed E-state index contributed by atoms with van der Waals surface area (Å²) in [6.07, 6.45) is 0.133. The van der Waals surface area contributed by atoms with Crippen LogP contribution in [0, 0.1) is 10.1 Å². The number of esters is 2. The predicted octanol–water partition coefficient (Wildman–Crippen LogP) is 0.460. The Balaban J connectivity index is 1.62. The molecule has 2 amide bonds. The number of β-lactam (4-membered cyclic amide) rings is 1. The van der Waals surface area contributed by atoms with Crippen molar-refractivity contribution in [3.05, 3.63) is 82.4 Å². The summed E-state index contributed by atoms with van der Waals surface area (Å²) in [6.45, 7) is -0.726. The number of nitrogens with zero attached hydrogens (tertiary/aromatic N) is 2. The molecule has 3 atom stereocenters. The highest BCUT2D eigenvalue weighted by Gasteiger charge is 2.52. The van der Waals surface area contributed by atoms with Crippen LogP contribution in [0.15, 0.2) is 66.7 Å². The molecule has 2 aromatic rings. The summed E-state index contributed by atoms with van der Waals surface area (Å²) in [4.78, 5) is 59.9. The van der Waals surface area contributed by atoms with Gasteiger partial charge in [-0.1, -0.05) is 24.3 Å². The standard InChI is InChI=1S/C24H23N3O10/c1-35-20(29)12-11-18-21(25-19(28)14-36-17-5-3-2-4-6-17)22(30)26(18)23(31)24(32)37-13-15-7-9-16(10-8-15)27(33)34/h2-12,18,21,23,31H,13-14H2,1H3,(H,25,28). The average molecular weight is 513 g/mol. The Bertz CT molecular complexity index is 1180. The lowest BCUT2D eigenvalue weighted by molar-refractivity contribution is -0.384. The minimum absolute atomic E-state index is 0.149. The largest absolute Gasteiger partial charge is 0.484 e. The van der Waals surface area contributed by atoms with Gasteiger partial charge in [0.05, 0.1) is 18.1 Å². The second-order valence-electron chi connectivity index (χ2n) is 7.67. The number of carbonyl (C=O) groups excluding carboxylic acids is 4. The summed E-state index contributed by atoms with van der Waals surface area (Å²) in [7, 11) is 1.14. The van der Waals surface area contributed by atoms with E-state index in [1.54, 1.807) is 30.3 Å². The van der Waals surface area contributed by atoms with E-state index in [4.69, 9.17) is 9.47 Å². The van der Waals surface area contributed by atoms with Crippen molar-refractivity contribution in [2.75, 3.05) is 13.7 Å². The van der Waals surface area contributed by atoms with Crippen LogP contribution in [0.25, 0.3) is 0 Å². The summed E-state index contributed by atoms with van der Waals surface area (Å²) in [5.41, 5.74) is 0.260. The van der Waals surface area contributed by atoms with Crippen LogP contribution < -0.4 is 10.1 Å². The van der Waals surface area contributed by atoms with Gasteiger partial charge < -0.3 is 24.6 Å². The zero-order valence-corrected chi connectivity index (χ0v) is 19.5. The number of aliphatic hydroxyl groups is 1. The maximum absolute atomic E-state index is 12.7. The second-order valence-corrected chi connectivity index (χ2v) is 7.67. The van der Waals surface area contributed by atoms with Gasteiger partial charge in [0.1, 0.15) is 18.4 Å². The van der Waals surface area contributed by atoms with E-state index in [0.29, 0.717) is 11.3 Å². The molecule has 1 aliphatic heterocycles. The van der Waals surface area contributed by atoms with Crippen molar-refractivity contribution in [1.29, 1.82) is 0 Å². The number of ether oxygens (including phenoxy) is 3. The molecule has 1 fully saturated rings. The lowest BCUT2D eigenvalue weighted by atomic mass is 9.93. The zero-order valence-electron chi connectivity index (χ0n) is 19.5. The summed E-state index contributed by atoms with van der Waals surface area (Å²) in [5, 5.41) is 23.6. The van der Waals surface area contributed by atoms with Crippen LogP contribution in [0.1, 0.15) is 5.56 Å². The van der Waals surface area contributed by atoms with Crippen LogP contribution in [0.4, 0.5) is 5.69 Å². The smallest absolute Gasteiger partial charge is 0.356 e. The first kappa shape index (κ1) is 26.8. The molecule has 194 valence electrons. The highest BCUT2D eigenvalue weighted by atomic mass is 16.6. The number of carbonyl (C=O) groups is 4. The fourth-order valence-corrected chi connectivity index (χ4v) is 3.35.